The maximum atomic E-state index is 6.04. The summed E-state index contributed by atoms with van der Waals surface area (Å²) in [6.07, 6.45) is 10.0. The lowest BCUT2D eigenvalue weighted by molar-refractivity contribution is 0.175. The second kappa shape index (κ2) is 3.21. The summed E-state index contributed by atoms with van der Waals surface area (Å²) in [6, 6.07) is 1.39. The van der Waals surface area contributed by atoms with Gasteiger partial charge in [0.05, 0.1) is 0 Å². The van der Waals surface area contributed by atoms with Crippen LogP contribution < -0.4 is 5.73 Å². The Balaban J connectivity index is 1.62. The minimum Gasteiger partial charge on any atom is -0.327 e. The molecular formula is C12H22N2. The molecule has 2 nitrogen and oxygen atoms in total. The maximum Gasteiger partial charge on any atom is 0.0168 e. The fourth-order valence-corrected chi connectivity index (χ4v) is 3.78. The van der Waals surface area contributed by atoms with E-state index in [1.54, 1.807) is 0 Å². The van der Waals surface area contributed by atoms with Crippen LogP contribution in [0.4, 0.5) is 0 Å². The first kappa shape index (κ1) is 9.17. The van der Waals surface area contributed by atoms with E-state index >= 15 is 0 Å². The zero-order chi connectivity index (χ0) is 9.60. The number of hydrogen-bond donors (Lipinski definition) is 1. The van der Waals surface area contributed by atoms with Gasteiger partial charge in [0.15, 0.2) is 0 Å². The standard InChI is InChI=1S/C12H22N2/c13-10-4-3-7-14(9-10)11-8-12(11)5-1-2-6-12/h10-11H,1-9,13H2. The van der Waals surface area contributed by atoms with Crippen molar-refractivity contribution in [2.45, 2.75) is 57.0 Å². The molecule has 1 saturated heterocycles. The van der Waals surface area contributed by atoms with E-state index in [9.17, 15) is 0 Å². The molecule has 0 aromatic carbocycles. The van der Waals surface area contributed by atoms with Crippen LogP contribution in [0.1, 0.15) is 44.9 Å². The van der Waals surface area contributed by atoms with Crippen LogP contribution in [0.15, 0.2) is 0 Å². The van der Waals surface area contributed by atoms with Gasteiger partial charge in [0.25, 0.3) is 0 Å². The molecule has 0 amide bonds. The Labute approximate surface area is 86.8 Å². The van der Waals surface area contributed by atoms with E-state index in [-0.39, 0.29) is 0 Å². The molecule has 2 atom stereocenters. The van der Waals surface area contributed by atoms with Crippen LogP contribution in [0.5, 0.6) is 0 Å². The first-order chi connectivity index (χ1) is 6.80. The molecule has 80 valence electrons. The lowest BCUT2D eigenvalue weighted by Crippen LogP contribution is -2.45. The Bertz CT molecular complexity index is 220. The lowest BCUT2D eigenvalue weighted by atomic mass is 10.0. The molecule has 1 aliphatic heterocycles. The van der Waals surface area contributed by atoms with Gasteiger partial charge in [-0.1, -0.05) is 12.8 Å². The Morgan fingerprint density at radius 2 is 1.93 bits per heavy atom. The first-order valence-electron chi connectivity index (χ1n) is 6.30. The minimum atomic E-state index is 0.461. The Morgan fingerprint density at radius 1 is 1.14 bits per heavy atom. The molecule has 2 heteroatoms. The molecular weight excluding hydrogens is 172 g/mol. The third-order valence-corrected chi connectivity index (χ3v) is 4.68. The van der Waals surface area contributed by atoms with Crippen LogP contribution >= 0.6 is 0 Å². The average Bonchev–Trinajstić information content (AvgIpc) is 2.65. The molecule has 2 unspecified atom stereocenters. The largest absolute Gasteiger partial charge is 0.327 e. The highest BCUT2D eigenvalue weighted by Crippen LogP contribution is 2.60. The van der Waals surface area contributed by atoms with Crippen molar-refractivity contribution in [3.63, 3.8) is 0 Å². The normalized spacial score (nSPS) is 41.8. The van der Waals surface area contributed by atoms with E-state index in [1.165, 1.54) is 58.0 Å². The second-order valence-corrected chi connectivity index (χ2v) is 5.69. The van der Waals surface area contributed by atoms with Gasteiger partial charge in [-0.3, -0.25) is 4.90 Å². The SMILES string of the molecule is NC1CCCN(C2CC23CCCC3)C1. The van der Waals surface area contributed by atoms with Gasteiger partial charge in [0, 0.05) is 18.6 Å². The fraction of sp³-hybridized carbons (Fsp3) is 1.00. The van der Waals surface area contributed by atoms with E-state index < -0.39 is 0 Å². The zero-order valence-corrected chi connectivity index (χ0v) is 9.04. The van der Waals surface area contributed by atoms with Crippen molar-refractivity contribution in [1.82, 2.24) is 4.90 Å². The fourth-order valence-electron chi connectivity index (χ4n) is 3.78. The molecule has 3 rings (SSSR count). The summed E-state index contributed by atoms with van der Waals surface area (Å²) < 4.78 is 0. The van der Waals surface area contributed by atoms with Crippen molar-refractivity contribution in [1.29, 1.82) is 0 Å². The van der Waals surface area contributed by atoms with Gasteiger partial charge in [-0.05, 0) is 44.1 Å². The van der Waals surface area contributed by atoms with Crippen molar-refractivity contribution in [2.75, 3.05) is 13.1 Å². The summed E-state index contributed by atoms with van der Waals surface area (Å²) >= 11 is 0. The summed E-state index contributed by atoms with van der Waals surface area (Å²) in [7, 11) is 0. The van der Waals surface area contributed by atoms with Crippen LogP contribution in [0, 0.1) is 5.41 Å². The number of nitrogens with zero attached hydrogens (tertiary/aromatic N) is 1. The third-order valence-electron chi connectivity index (χ3n) is 4.68. The van der Waals surface area contributed by atoms with E-state index in [1.807, 2.05) is 0 Å². The number of rotatable bonds is 1. The first-order valence-corrected chi connectivity index (χ1v) is 6.30. The zero-order valence-electron chi connectivity index (χ0n) is 9.04. The molecule has 1 spiro atoms. The van der Waals surface area contributed by atoms with Crippen LogP contribution in [0.2, 0.25) is 0 Å². The van der Waals surface area contributed by atoms with E-state index in [0.717, 1.165) is 11.5 Å². The lowest BCUT2D eigenvalue weighted by Gasteiger charge is -2.32. The van der Waals surface area contributed by atoms with Gasteiger partial charge in [0.2, 0.25) is 0 Å². The quantitative estimate of drug-likeness (QED) is 0.689. The highest BCUT2D eigenvalue weighted by Gasteiger charge is 2.57. The highest BCUT2D eigenvalue weighted by atomic mass is 15.2. The number of piperidine rings is 1. The van der Waals surface area contributed by atoms with Crippen LogP contribution in [-0.4, -0.2) is 30.1 Å². The van der Waals surface area contributed by atoms with Gasteiger partial charge in [-0.25, -0.2) is 0 Å². The molecule has 0 aromatic rings. The van der Waals surface area contributed by atoms with Gasteiger partial charge in [0.1, 0.15) is 0 Å². The molecule has 3 fully saturated rings. The topological polar surface area (TPSA) is 29.3 Å². The Kier molecular flexibility index (Phi) is 2.10. The molecule has 1 heterocycles. The molecule has 0 radical (unpaired) electrons. The molecule has 2 saturated carbocycles. The third kappa shape index (κ3) is 1.40. The van der Waals surface area contributed by atoms with Gasteiger partial charge in [-0.15, -0.1) is 0 Å². The van der Waals surface area contributed by atoms with Crippen LogP contribution in [0.25, 0.3) is 0 Å². The predicted octanol–water partition coefficient (Wildman–Crippen LogP) is 1.74. The highest BCUT2D eigenvalue weighted by molar-refractivity contribution is 5.11. The van der Waals surface area contributed by atoms with Crippen molar-refractivity contribution >= 4 is 0 Å². The van der Waals surface area contributed by atoms with Crippen molar-refractivity contribution in [3.05, 3.63) is 0 Å². The second-order valence-electron chi connectivity index (χ2n) is 5.69. The van der Waals surface area contributed by atoms with Gasteiger partial charge in [-0.2, -0.15) is 0 Å². The Hall–Kier alpha value is -0.0800. The monoisotopic (exact) mass is 194 g/mol. The molecule has 3 aliphatic rings. The molecule has 0 aromatic heterocycles. The molecule has 2 N–H and O–H groups in total. The van der Waals surface area contributed by atoms with Gasteiger partial charge >= 0.3 is 0 Å². The van der Waals surface area contributed by atoms with Crippen LogP contribution in [0.3, 0.4) is 0 Å². The number of nitrogens with two attached hydrogens (primary N) is 1. The summed E-state index contributed by atoms with van der Waals surface area (Å²) in [5, 5.41) is 0. The van der Waals surface area contributed by atoms with E-state index in [4.69, 9.17) is 5.73 Å². The smallest absolute Gasteiger partial charge is 0.0168 e. The summed E-state index contributed by atoms with van der Waals surface area (Å²) in [4.78, 5) is 2.69. The Morgan fingerprint density at radius 3 is 2.64 bits per heavy atom. The predicted molar refractivity (Wildman–Crippen MR) is 58.1 cm³/mol. The van der Waals surface area contributed by atoms with Crippen molar-refractivity contribution in [2.24, 2.45) is 11.1 Å². The number of likely N-dealkylation sites (tertiary alicyclic amines) is 1. The van der Waals surface area contributed by atoms with Crippen molar-refractivity contribution < 1.29 is 0 Å². The molecule has 14 heavy (non-hydrogen) atoms. The molecule has 0 bridgehead atoms. The van der Waals surface area contributed by atoms with E-state index in [0.29, 0.717) is 6.04 Å². The number of hydrogen-bond acceptors (Lipinski definition) is 2. The van der Waals surface area contributed by atoms with Crippen molar-refractivity contribution in [3.8, 4) is 0 Å². The average molecular weight is 194 g/mol. The maximum absolute atomic E-state index is 6.04. The summed E-state index contributed by atoms with van der Waals surface area (Å²) in [5.74, 6) is 0. The molecule has 2 aliphatic carbocycles. The minimum absolute atomic E-state index is 0.461. The summed E-state index contributed by atoms with van der Waals surface area (Å²) in [6.45, 7) is 2.49. The van der Waals surface area contributed by atoms with E-state index in [2.05, 4.69) is 4.90 Å². The summed E-state index contributed by atoms with van der Waals surface area (Å²) in [5.41, 5.74) is 6.81. The van der Waals surface area contributed by atoms with Crippen LogP contribution in [-0.2, 0) is 0 Å². The van der Waals surface area contributed by atoms with Gasteiger partial charge < -0.3 is 5.73 Å².